The van der Waals surface area contributed by atoms with Crippen LogP contribution < -0.4 is 20.3 Å². The number of amides is 1. The molecule has 0 bridgehead atoms. The van der Waals surface area contributed by atoms with Crippen molar-refractivity contribution in [2.24, 2.45) is 0 Å². The molecule has 0 aliphatic rings. The van der Waals surface area contributed by atoms with Crippen molar-refractivity contribution in [1.82, 2.24) is 15.1 Å². The third-order valence-electron chi connectivity index (χ3n) is 3.41. The lowest BCUT2D eigenvalue weighted by molar-refractivity contribution is -0.121. The van der Waals surface area contributed by atoms with Gasteiger partial charge in [0.15, 0.2) is 11.5 Å². The Morgan fingerprint density at radius 1 is 1.17 bits per heavy atom. The third kappa shape index (κ3) is 4.13. The number of carbonyl (C=O) groups excluding carboxylic acids is 1. The van der Waals surface area contributed by atoms with Crippen LogP contribution in [0.5, 0.6) is 11.5 Å². The molecule has 0 fully saturated rings. The first-order valence-corrected chi connectivity index (χ1v) is 7.66. The Bertz CT molecular complexity index is 771. The van der Waals surface area contributed by atoms with Crippen LogP contribution in [-0.2, 0) is 11.3 Å². The third-order valence-corrected chi connectivity index (χ3v) is 3.41. The number of hydrogen-bond acceptors (Lipinski definition) is 5. The molecule has 0 saturated carbocycles. The van der Waals surface area contributed by atoms with E-state index in [9.17, 15) is 9.59 Å². The van der Waals surface area contributed by atoms with Crippen molar-refractivity contribution in [2.75, 3.05) is 20.8 Å². The minimum absolute atomic E-state index is 0.111. The van der Waals surface area contributed by atoms with Gasteiger partial charge < -0.3 is 14.8 Å². The van der Waals surface area contributed by atoms with Gasteiger partial charge in [0.05, 0.1) is 19.9 Å². The highest BCUT2D eigenvalue weighted by Gasteiger charge is 2.10. The van der Waals surface area contributed by atoms with E-state index in [1.165, 1.54) is 6.07 Å². The highest BCUT2D eigenvalue weighted by Crippen LogP contribution is 2.31. The number of hydrogen-bond donors (Lipinski definition) is 1. The fourth-order valence-corrected chi connectivity index (χ4v) is 2.17. The second-order valence-electron chi connectivity index (χ2n) is 5.13. The van der Waals surface area contributed by atoms with E-state index < -0.39 is 0 Å². The number of aromatic nitrogens is 2. The van der Waals surface area contributed by atoms with Crippen LogP contribution in [0, 0.1) is 0 Å². The number of ether oxygens (including phenoxy) is 2. The summed E-state index contributed by atoms with van der Waals surface area (Å²) in [4.78, 5) is 23.7. The fourth-order valence-electron chi connectivity index (χ4n) is 2.17. The molecular formula is C17H21N3O4. The molecule has 0 unspecified atom stereocenters. The minimum Gasteiger partial charge on any atom is -0.493 e. The molecule has 24 heavy (non-hydrogen) atoms. The lowest BCUT2D eigenvalue weighted by atomic mass is 10.1. The summed E-state index contributed by atoms with van der Waals surface area (Å²) in [5.74, 6) is 0.930. The Balaban J connectivity index is 2.30. The van der Waals surface area contributed by atoms with Crippen molar-refractivity contribution >= 4 is 5.91 Å². The van der Waals surface area contributed by atoms with Gasteiger partial charge in [-0.1, -0.05) is 6.92 Å². The van der Waals surface area contributed by atoms with E-state index in [2.05, 4.69) is 10.4 Å². The first kappa shape index (κ1) is 17.5. The molecule has 1 heterocycles. The van der Waals surface area contributed by atoms with Gasteiger partial charge >= 0.3 is 0 Å². The van der Waals surface area contributed by atoms with Gasteiger partial charge in [0, 0.05) is 18.2 Å². The van der Waals surface area contributed by atoms with Crippen LogP contribution in [-0.4, -0.2) is 36.5 Å². The van der Waals surface area contributed by atoms with Gasteiger partial charge in [-0.2, -0.15) is 5.10 Å². The molecule has 2 aromatic rings. The monoisotopic (exact) mass is 331 g/mol. The van der Waals surface area contributed by atoms with Gasteiger partial charge in [-0.15, -0.1) is 0 Å². The van der Waals surface area contributed by atoms with Crippen LogP contribution in [0.4, 0.5) is 0 Å². The van der Waals surface area contributed by atoms with Crippen LogP contribution in [0.15, 0.2) is 35.1 Å². The van der Waals surface area contributed by atoms with E-state index in [1.54, 1.807) is 32.4 Å². The van der Waals surface area contributed by atoms with Gasteiger partial charge in [0.1, 0.15) is 6.54 Å². The number of rotatable bonds is 7. The molecule has 7 heteroatoms. The Morgan fingerprint density at radius 3 is 2.58 bits per heavy atom. The second-order valence-corrected chi connectivity index (χ2v) is 5.13. The van der Waals surface area contributed by atoms with E-state index in [1.807, 2.05) is 13.0 Å². The average Bonchev–Trinajstić information content (AvgIpc) is 2.61. The molecule has 1 aromatic carbocycles. The summed E-state index contributed by atoms with van der Waals surface area (Å²) in [7, 11) is 3.11. The Hall–Kier alpha value is -2.83. The molecule has 2 rings (SSSR count). The van der Waals surface area contributed by atoms with Crippen molar-refractivity contribution in [3.63, 3.8) is 0 Å². The van der Waals surface area contributed by atoms with Crippen molar-refractivity contribution in [1.29, 1.82) is 0 Å². The summed E-state index contributed by atoms with van der Waals surface area (Å²) in [5, 5.41) is 6.99. The first-order valence-electron chi connectivity index (χ1n) is 7.66. The number of carbonyl (C=O) groups is 1. The summed E-state index contributed by atoms with van der Waals surface area (Å²) >= 11 is 0. The predicted octanol–water partition coefficient (Wildman–Crippen LogP) is 1.45. The number of nitrogens with one attached hydrogen (secondary N) is 1. The highest BCUT2D eigenvalue weighted by atomic mass is 16.5. The normalized spacial score (nSPS) is 10.3. The summed E-state index contributed by atoms with van der Waals surface area (Å²) in [6, 6.07) is 8.36. The summed E-state index contributed by atoms with van der Waals surface area (Å²) in [6.07, 6.45) is 0.833. The molecule has 0 saturated heterocycles. The second kappa shape index (κ2) is 8.14. The molecule has 128 valence electrons. The quantitative estimate of drug-likeness (QED) is 0.830. The maximum absolute atomic E-state index is 11.9. The van der Waals surface area contributed by atoms with E-state index in [0.717, 1.165) is 16.7 Å². The smallest absolute Gasteiger partial charge is 0.267 e. The van der Waals surface area contributed by atoms with Crippen LogP contribution in [0.25, 0.3) is 11.3 Å². The SMILES string of the molecule is CCCNC(=O)Cn1nc(-c2ccc(OC)c(OC)c2)ccc1=O. The zero-order valence-corrected chi connectivity index (χ0v) is 14.0. The van der Waals surface area contributed by atoms with Crippen LogP contribution in [0.3, 0.4) is 0 Å². The van der Waals surface area contributed by atoms with Gasteiger partial charge in [-0.25, -0.2) is 4.68 Å². The molecule has 0 aliphatic heterocycles. The largest absolute Gasteiger partial charge is 0.493 e. The number of methoxy groups -OCH3 is 2. The van der Waals surface area contributed by atoms with E-state index >= 15 is 0 Å². The standard InChI is InChI=1S/C17H21N3O4/c1-4-9-18-16(21)11-20-17(22)8-6-13(19-20)12-5-7-14(23-2)15(10-12)24-3/h5-8,10H,4,9,11H2,1-3H3,(H,18,21). The lowest BCUT2D eigenvalue weighted by Crippen LogP contribution is -2.33. The maximum atomic E-state index is 11.9. The lowest BCUT2D eigenvalue weighted by Gasteiger charge is -2.10. The number of benzene rings is 1. The minimum atomic E-state index is -0.328. The molecule has 7 nitrogen and oxygen atoms in total. The molecular weight excluding hydrogens is 310 g/mol. The fraction of sp³-hybridized carbons (Fsp3) is 0.353. The molecule has 1 N–H and O–H groups in total. The highest BCUT2D eigenvalue weighted by molar-refractivity contribution is 5.75. The van der Waals surface area contributed by atoms with E-state index in [4.69, 9.17) is 9.47 Å². The van der Waals surface area contributed by atoms with Crippen molar-refractivity contribution < 1.29 is 14.3 Å². The molecule has 0 aliphatic carbocycles. The molecule has 0 atom stereocenters. The molecule has 0 spiro atoms. The van der Waals surface area contributed by atoms with Crippen LogP contribution >= 0.6 is 0 Å². The van der Waals surface area contributed by atoms with Gasteiger partial charge in [0.2, 0.25) is 5.91 Å². The molecule has 0 radical (unpaired) electrons. The topological polar surface area (TPSA) is 82.5 Å². The van der Waals surface area contributed by atoms with E-state index in [-0.39, 0.29) is 18.0 Å². The van der Waals surface area contributed by atoms with Crippen molar-refractivity contribution in [2.45, 2.75) is 19.9 Å². The number of nitrogens with zero attached hydrogens (tertiary/aromatic N) is 2. The predicted molar refractivity (Wildman–Crippen MR) is 90.3 cm³/mol. The summed E-state index contributed by atoms with van der Waals surface area (Å²) in [5.41, 5.74) is 1.00. The van der Waals surface area contributed by atoms with Crippen molar-refractivity contribution in [3.05, 3.63) is 40.7 Å². The molecule has 1 amide bonds. The maximum Gasteiger partial charge on any atom is 0.267 e. The summed E-state index contributed by atoms with van der Waals surface area (Å²) < 4.78 is 11.6. The van der Waals surface area contributed by atoms with Gasteiger partial charge in [0.25, 0.3) is 5.56 Å². The Kier molecular flexibility index (Phi) is 5.95. The zero-order chi connectivity index (χ0) is 17.5. The van der Waals surface area contributed by atoms with Crippen molar-refractivity contribution in [3.8, 4) is 22.8 Å². The zero-order valence-electron chi connectivity index (χ0n) is 14.0. The summed E-state index contributed by atoms with van der Waals surface area (Å²) in [6.45, 7) is 2.42. The molecule has 1 aromatic heterocycles. The first-order chi connectivity index (χ1) is 11.6. The van der Waals surface area contributed by atoms with Crippen LogP contribution in [0.1, 0.15) is 13.3 Å². The van der Waals surface area contributed by atoms with Gasteiger partial charge in [-0.3, -0.25) is 9.59 Å². The van der Waals surface area contributed by atoms with E-state index in [0.29, 0.717) is 23.7 Å². The average molecular weight is 331 g/mol. The Morgan fingerprint density at radius 2 is 1.92 bits per heavy atom. The van der Waals surface area contributed by atoms with Gasteiger partial charge in [-0.05, 0) is 30.7 Å². The Labute approximate surface area is 140 Å². The van der Waals surface area contributed by atoms with Crippen LogP contribution in [0.2, 0.25) is 0 Å².